The third-order valence-corrected chi connectivity index (χ3v) is 3.71. The molecule has 1 atom stereocenters. The van der Waals surface area contributed by atoms with Crippen LogP contribution in [0.1, 0.15) is 79.6 Å². The van der Waals surface area contributed by atoms with Crippen molar-refractivity contribution in [1.29, 1.82) is 0 Å². The van der Waals surface area contributed by atoms with Crippen molar-refractivity contribution in [2.24, 2.45) is 5.92 Å². The Bertz CT molecular complexity index is 398. The predicted molar refractivity (Wildman–Crippen MR) is 100 cm³/mol. The molecule has 132 valence electrons. The lowest BCUT2D eigenvalue weighted by Gasteiger charge is -2.10. The number of hydrogen-bond acceptors (Lipinski definition) is 2. The van der Waals surface area contributed by atoms with E-state index in [-0.39, 0.29) is 5.97 Å². The lowest BCUT2D eigenvalue weighted by Crippen LogP contribution is -2.10. The van der Waals surface area contributed by atoms with Gasteiger partial charge in [0, 0.05) is 6.42 Å². The molecule has 0 aliphatic carbocycles. The number of ether oxygens (including phenoxy) is 1. The molecule has 2 nitrogen and oxygen atoms in total. The van der Waals surface area contributed by atoms with E-state index in [0.717, 1.165) is 38.5 Å². The maximum atomic E-state index is 11.7. The second-order valence-corrected chi connectivity index (χ2v) is 6.65. The van der Waals surface area contributed by atoms with Crippen LogP contribution in [0.3, 0.4) is 0 Å². The van der Waals surface area contributed by atoms with Crippen LogP contribution in [-0.4, -0.2) is 12.6 Å². The molecule has 0 N–H and O–H groups in total. The van der Waals surface area contributed by atoms with E-state index in [2.05, 4.69) is 58.9 Å². The molecule has 2 heteroatoms. The van der Waals surface area contributed by atoms with Crippen molar-refractivity contribution in [2.75, 3.05) is 6.61 Å². The first-order valence-electron chi connectivity index (χ1n) is 9.05. The molecular weight excluding hydrogens is 284 g/mol. The van der Waals surface area contributed by atoms with Crippen molar-refractivity contribution in [3.63, 3.8) is 0 Å². The Balaban J connectivity index is 3.80. The molecule has 0 fully saturated rings. The molecule has 0 aromatic carbocycles. The van der Waals surface area contributed by atoms with Crippen molar-refractivity contribution in [1.82, 2.24) is 0 Å². The van der Waals surface area contributed by atoms with Gasteiger partial charge in [-0.3, -0.25) is 4.79 Å². The average molecular weight is 321 g/mol. The van der Waals surface area contributed by atoms with E-state index in [9.17, 15) is 4.79 Å². The number of carbonyl (C=O) groups is 1. The number of hydrogen-bond donors (Lipinski definition) is 0. The highest BCUT2D eigenvalue weighted by Crippen LogP contribution is 2.14. The topological polar surface area (TPSA) is 26.3 Å². The summed E-state index contributed by atoms with van der Waals surface area (Å²) in [4.78, 5) is 11.7. The number of allylic oxidation sites excluding steroid dienone is 5. The summed E-state index contributed by atoms with van der Waals surface area (Å²) >= 11 is 0. The predicted octanol–water partition coefficient (Wildman–Crippen LogP) is 6.39. The SMILES string of the molecule is CC/C=C\CCOC(=O)C[C@@H](C)CC/C=C(\C)CCC=C(C)C. The summed E-state index contributed by atoms with van der Waals surface area (Å²) < 4.78 is 5.25. The minimum atomic E-state index is -0.0633. The number of esters is 1. The molecule has 0 spiro atoms. The van der Waals surface area contributed by atoms with Crippen LogP contribution in [0.2, 0.25) is 0 Å². The van der Waals surface area contributed by atoms with E-state index in [1.165, 1.54) is 11.1 Å². The Labute approximate surface area is 143 Å². The molecule has 0 radical (unpaired) electrons. The molecule has 0 saturated heterocycles. The fourth-order valence-electron chi connectivity index (χ4n) is 2.28. The molecule has 0 aliphatic heterocycles. The lowest BCUT2D eigenvalue weighted by molar-refractivity contribution is -0.144. The van der Waals surface area contributed by atoms with E-state index in [1.54, 1.807) is 0 Å². The second kappa shape index (κ2) is 14.3. The first kappa shape index (κ1) is 21.7. The Morgan fingerprint density at radius 3 is 2.43 bits per heavy atom. The van der Waals surface area contributed by atoms with Crippen molar-refractivity contribution < 1.29 is 9.53 Å². The van der Waals surface area contributed by atoms with Gasteiger partial charge in [0.05, 0.1) is 6.61 Å². The first-order chi connectivity index (χ1) is 11.0. The Hall–Kier alpha value is -1.31. The quantitative estimate of drug-likeness (QED) is 0.237. The van der Waals surface area contributed by atoms with Crippen LogP contribution >= 0.6 is 0 Å². The van der Waals surface area contributed by atoms with Gasteiger partial charge in [-0.25, -0.2) is 0 Å². The fourth-order valence-corrected chi connectivity index (χ4v) is 2.28. The van der Waals surface area contributed by atoms with Crippen LogP contribution in [0, 0.1) is 5.92 Å². The van der Waals surface area contributed by atoms with Gasteiger partial charge >= 0.3 is 5.97 Å². The van der Waals surface area contributed by atoms with Gasteiger partial charge < -0.3 is 4.74 Å². The minimum absolute atomic E-state index is 0.0633. The van der Waals surface area contributed by atoms with Gasteiger partial charge in [-0.15, -0.1) is 0 Å². The monoisotopic (exact) mass is 320 g/mol. The van der Waals surface area contributed by atoms with Gasteiger partial charge in [-0.2, -0.15) is 0 Å². The smallest absolute Gasteiger partial charge is 0.306 e. The van der Waals surface area contributed by atoms with Crippen LogP contribution in [0.25, 0.3) is 0 Å². The highest BCUT2D eigenvalue weighted by molar-refractivity contribution is 5.69. The summed E-state index contributed by atoms with van der Waals surface area (Å²) in [6, 6.07) is 0. The second-order valence-electron chi connectivity index (χ2n) is 6.65. The molecule has 0 rings (SSSR count). The molecule has 0 aromatic rings. The van der Waals surface area contributed by atoms with E-state index >= 15 is 0 Å². The Kier molecular flexibility index (Phi) is 13.5. The number of rotatable bonds is 12. The van der Waals surface area contributed by atoms with Crippen molar-refractivity contribution in [3.8, 4) is 0 Å². The zero-order chi connectivity index (χ0) is 17.5. The third-order valence-electron chi connectivity index (χ3n) is 3.71. The van der Waals surface area contributed by atoms with Crippen LogP contribution in [0.5, 0.6) is 0 Å². The lowest BCUT2D eigenvalue weighted by atomic mass is 10.00. The van der Waals surface area contributed by atoms with E-state index in [0.29, 0.717) is 18.9 Å². The first-order valence-corrected chi connectivity index (χ1v) is 9.05. The molecule has 0 heterocycles. The summed E-state index contributed by atoms with van der Waals surface area (Å²) in [5.74, 6) is 0.321. The van der Waals surface area contributed by atoms with E-state index in [1.807, 2.05) is 0 Å². The standard InChI is InChI=1S/C21H36O2/c1-6-7-8-9-16-23-21(22)17-20(5)15-11-14-19(4)13-10-12-18(2)3/h7-8,12,14,20H,6,9-11,13,15-17H2,1-5H3/b8-7-,19-14+/t20-/m0/s1. The van der Waals surface area contributed by atoms with Gasteiger partial charge in [0.1, 0.15) is 0 Å². The highest BCUT2D eigenvalue weighted by Gasteiger charge is 2.09. The summed E-state index contributed by atoms with van der Waals surface area (Å²) in [5.41, 5.74) is 2.83. The van der Waals surface area contributed by atoms with Crippen molar-refractivity contribution in [3.05, 3.63) is 35.5 Å². The molecule has 0 aromatic heterocycles. The Morgan fingerprint density at radius 1 is 1.04 bits per heavy atom. The molecular formula is C21H36O2. The normalized spacial score (nSPS) is 13.2. The fraction of sp³-hybridized carbons (Fsp3) is 0.667. The van der Waals surface area contributed by atoms with Crippen LogP contribution in [0.4, 0.5) is 0 Å². The summed E-state index contributed by atoms with van der Waals surface area (Å²) in [5, 5.41) is 0. The van der Waals surface area contributed by atoms with Gasteiger partial charge in [0.25, 0.3) is 0 Å². The highest BCUT2D eigenvalue weighted by atomic mass is 16.5. The zero-order valence-corrected chi connectivity index (χ0v) is 15.9. The van der Waals surface area contributed by atoms with Crippen molar-refractivity contribution in [2.45, 2.75) is 79.6 Å². The zero-order valence-electron chi connectivity index (χ0n) is 15.9. The minimum Gasteiger partial charge on any atom is -0.465 e. The maximum Gasteiger partial charge on any atom is 0.306 e. The van der Waals surface area contributed by atoms with Gasteiger partial charge in [0.2, 0.25) is 0 Å². The molecule has 0 amide bonds. The summed E-state index contributed by atoms with van der Waals surface area (Å²) in [6.45, 7) is 11.2. The van der Waals surface area contributed by atoms with E-state index < -0.39 is 0 Å². The van der Waals surface area contributed by atoms with Gasteiger partial charge in [0.15, 0.2) is 0 Å². The maximum absolute atomic E-state index is 11.7. The third kappa shape index (κ3) is 15.4. The van der Waals surface area contributed by atoms with Crippen LogP contribution < -0.4 is 0 Å². The average Bonchev–Trinajstić information content (AvgIpc) is 2.46. The Morgan fingerprint density at radius 2 is 1.78 bits per heavy atom. The molecule has 0 bridgehead atoms. The molecule has 0 unspecified atom stereocenters. The van der Waals surface area contributed by atoms with E-state index in [4.69, 9.17) is 4.74 Å². The molecule has 0 aliphatic rings. The largest absolute Gasteiger partial charge is 0.465 e. The van der Waals surface area contributed by atoms with Crippen molar-refractivity contribution >= 4 is 5.97 Å². The summed E-state index contributed by atoms with van der Waals surface area (Å²) in [7, 11) is 0. The number of carbonyl (C=O) groups excluding carboxylic acids is 1. The van der Waals surface area contributed by atoms with Gasteiger partial charge in [-0.05, 0) is 65.2 Å². The summed E-state index contributed by atoms with van der Waals surface area (Å²) in [6.07, 6.45) is 15.5. The molecule has 23 heavy (non-hydrogen) atoms. The molecule has 0 saturated carbocycles. The van der Waals surface area contributed by atoms with Gasteiger partial charge in [-0.1, -0.05) is 49.3 Å². The van der Waals surface area contributed by atoms with Crippen LogP contribution in [0.15, 0.2) is 35.5 Å². The van der Waals surface area contributed by atoms with Crippen LogP contribution in [-0.2, 0) is 9.53 Å².